The summed E-state index contributed by atoms with van der Waals surface area (Å²) in [6.45, 7) is 1.82. The number of imide groups is 1. The Morgan fingerprint density at radius 2 is 0.857 bits per heavy atom. The summed E-state index contributed by atoms with van der Waals surface area (Å²) in [7, 11) is 0. The number of carbonyl (C=O) groups is 2. The van der Waals surface area contributed by atoms with E-state index in [1.807, 2.05) is 73.7 Å². The van der Waals surface area contributed by atoms with Gasteiger partial charge in [0.25, 0.3) is 0 Å². The Balaban J connectivity index is 1.91. The highest BCUT2D eigenvalue weighted by molar-refractivity contribution is 6.28. The normalized spacial score (nSPS) is 14.5. The molecule has 1 heterocycles. The lowest BCUT2D eigenvalue weighted by molar-refractivity contribution is 0.238. The molecule has 0 N–H and O–H groups in total. The summed E-state index contributed by atoms with van der Waals surface area (Å²) in [6.07, 6.45) is 1.78. The van der Waals surface area contributed by atoms with Gasteiger partial charge in [-0.25, -0.2) is 24.3 Å². The van der Waals surface area contributed by atoms with E-state index in [1.165, 1.54) is 4.90 Å². The Morgan fingerprint density at radius 1 is 0.536 bits per heavy atom. The van der Waals surface area contributed by atoms with Crippen molar-refractivity contribution in [1.29, 1.82) is 0 Å². The van der Waals surface area contributed by atoms with Gasteiger partial charge in [0.1, 0.15) is 5.82 Å². The average Bonchev–Trinajstić information content (AvgIpc) is 2.75. The fourth-order valence-corrected chi connectivity index (χ4v) is 3.27. The topological polar surface area (TPSA) is 43.9 Å². The number of hydrogen-bond donors (Lipinski definition) is 0. The highest BCUT2D eigenvalue weighted by Gasteiger charge is 2.43. The Morgan fingerprint density at radius 3 is 1.18 bits per heavy atom. The molecule has 3 aromatic carbocycles. The van der Waals surface area contributed by atoms with E-state index in [4.69, 9.17) is 0 Å². The van der Waals surface area contributed by atoms with Gasteiger partial charge in [0.2, 0.25) is 0 Å². The molecule has 0 aromatic heterocycles. The molecule has 0 aliphatic carbocycles. The summed E-state index contributed by atoms with van der Waals surface area (Å²) in [5.74, 6) is 0.500. The third-order valence-corrected chi connectivity index (χ3v) is 4.52. The number of carbonyl (C=O) groups excluding carboxylic acids is 2. The molecule has 4 rings (SSSR count). The van der Waals surface area contributed by atoms with Crippen LogP contribution in [0.2, 0.25) is 0 Å². The van der Waals surface area contributed by atoms with E-state index < -0.39 is 12.1 Å². The SMILES string of the molecule is CC=C1N(c2ccccc2)C(=O)N(c2ccccc2)C(=O)N1c1ccccc1. The summed E-state index contributed by atoms with van der Waals surface area (Å²) in [5.41, 5.74) is 1.90. The van der Waals surface area contributed by atoms with Crippen molar-refractivity contribution in [2.75, 3.05) is 14.7 Å². The molecule has 0 atom stereocenters. The van der Waals surface area contributed by atoms with Crippen molar-refractivity contribution in [2.45, 2.75) is 6.92 Å². The number of allylic oxidation sites excluding steroid dienone is 1. The van der Waals surface area contributed by atoms with Gasteiger partial charge in [0.15, 0.2) is 0 Å². The van der Waals surface area contributed by atoms with Gasteiger partial charge >= 0.3 is 12.1 Å². The molecule has 1 fully saturated rings. The molecule has 0 spiro atoms. The summed E-state index contributed by atoms with van der Waals surface area (Å²) >= 11 is 0. The number of para-hydroxylation sites is 3. The summed E-state index contributed by atoms with van der Waals surface area (Å²) < 4.78 is 0. The van der Waals surface area contributed by atoms with Crippen molar-refractivity contribution in [3.05, 3.63) is 103 Å². The van der Waals surface area contributed by atoms with Gasteiger partial charge in [-0.2, -0.15) is 0 Å². The molecule has 4 amide bonds. The number of rotatable bonds is 3. The molecular formula is C23H19N3O2. The second-order valence-corrected chi connectivity index (χ2v) is 6.22. The van der Waals surface area contributed by atoms with E-state index in [2.05, 4.69) is 0 Å². The molecular weight excluding hydrogens is 350 g/mol. The monoisotopic (exact) mass is 369 g/mol. The van der Waals surface area contributed by atoms with Gasteiger partial charge in [-0.1, -0.05) is 54.6 Å². The van der Waals surface area contributed by atoms with E-state index in [9.17, 15) is 9.59 Å². The molecule has 3 aromatic rings. The predicted octanol–water partition coefficient (Wildman–Crippen LogP) is 5.62. The van der Waals surface area contributed by atoms with Crippen molar-refractivity contribution in [3.8, 4) is 0 Å². The molecule has 0 radical (unpaired) electrons. The Bertz CT molecular complexity index is 956. The lowest BCUT2D eigenvalue weighted by atomic mass is 10.2. The van der Waals surface area contributed by atoms with Crippen LogP contribution in [0.1, 0.15) is 6.92 Å². The van der Waals surface area contributed by atoms with Crippen LogP contribution in [0.3, 0.4) is 0 Å². The molecule has 1 aliphatic heterocycles. The van der Waals surface area contributed by atoms with E-state index in [0.717, 1.165) is 0 Å². The minimum atomic E-state index is -0.414. The van der Waals surface area contributed by atoms with E-state index in [-0.39, 0.29) is 0 Å². The fraction of sp³-hybridized carbons (Fsp3) is 0.0435. The number of nitrogens with zero attached hydrogens (tertiary/aromatic N) is 3. The van der Waals surface area contributed by atoms with Crippen molar-refractivity contribution in [2.24, 2.45) is 0 Å². The van der Waals surface area contributed by atoms with Crippen LogP contribution in [-0.2, 0) is 0 Å². The smallest absolute Gasteiger partial charge is 0.247 e. The van der Waals surface area contributed by atoms with E-state index >= 15 is 0 Å². The maximum Gasteiger partial charge on any atom is 0.343 e. The molecule has 5 heteroatoms. The van der Waals surface area contributed by atoms with Crippen LogP contribution in [0.25, 0.3) is 0 Å². The van der Waals surface area contributed by atoms with Crippen LogP contribution in [0.15, 0.2) is 103 Å². The first-order chi connectivity index (χ1) is 13.7. The largest absolute Gasteiger partial charge is 0.343 e. The van der Waals surface area contributed by atoms with E-state index in [0.29, 0.717) is 22.9 Å². The maximum absolute atomic E-state index is 13.4. The van der Waals surface area contributed by atoms with Crippen LogP contribution in [0.4, 0.5) is 26.7 Å². The van der Waals surface area contributed by atoms with Crippen LogP contribution in [-0.4, -0.2) is 12.1 Å². The average molecular weight is 369 g/mol. The summed E-state index contributed by atoms with van der Waals surface area (Å²) in [6, 6.07) is 26.8. The molecule has 5 nitrogen and oxygen atoms in total. The van der Waals surface area contributed by atoms with Gasteiger partial charge in [-0.3, -0.25) is 0 Å². The van der Waals surface area contributed by atoms with Crippen molar-refractivity contribution < 1.29 is 9.59 Å². The Labute approximate surface area is 163 Å². The molecule has 28 heavy (non-hydrogen) atoms. The lowest BCUT2D eigenvalue weighted by Crippen LogP contribution is -2.60. The minimum absolute atomic E-state index is 0.414. The van der Waals surface area contributed by atoms with Crippen LogP contribution < -0.4 is 14.7 Å². The molecule has 0 unspecified atom stereocenters. The zero-order valence-corrected chi connectivity index (χ0v) is 15.4. The van der Waals surface area contributed by atoms with Crippen molar-refractivity contribution >= 4 is 29.1 Å². The fourth-order valence-electron chi connectivity index (χ4n) is 3.27. The van der Waals surface area contributed by atoms with Crippen molar-refractivity contribution in [3.63, 3.8) is 0 Å². The predicted molar refractivity (Wildman–Crippen MR) is 111 cm³/mol. The molecule has 1 saturated heterocycles. The standard InChI is InChI=1S/C23H19N3O2/c1-2-21-24(18-12-6-3-7-13-18)22(27)26(20-16-10-5-11-17-20)23(28)25(21)19-14-8-4-9-15-19/h2-17H,1H3. The number of benzene rings is 3. The zero-order valence-electron chi connectivity index (χ0n) is 15.4. The number of hydrogen-bond acceptors (Lipinski definition) is 2. The lowest BCUT2D eigenvalue weighted by Gasteiger charge is -2.42. The van der Waals surface area contributed by atoms with Gasteiger partial charge in [-0.15, -0.1) is 0 Å². The van der Waals surface area contributed by atoms with Crippen LogP contribution in [0, 0.1) is 0 Å². The first-order valence-electron chi connectivity index (χ1n) is 9.02. The van der Waals surface area contributed by atoms with Crippen molar-refractivity contribution in [1.82, 2.24) is 0 Å². The number of amides is 4. The zero-order chi connectivity index (χ0) is 19.5. The van der Waals surface area contributed by atoms with Crippen LogP contribution in [0.5, 0.6) is 0 Å². The van der Waals surface area contributed by atoms with Crippen LogP contribution >= 0.6 is 0 Å². The first-order valence-corrected chi connectivity index (χ1v) is 9.02. The minimum Gasteiger partial charge on any atom is -0.247 e. The molecule has 0 bridgehead atoms. The third-order valence-electron chi connectivity index (χ3n) is 4.52. The highest BCUT2D eigenvalue weighted by Crippen LogP contribution is 2.34. The molecule has 138 valence electrons. The second kappa shape index (κ2) is 7.40. The van der Waals surface area contributed by atoms with Gasteiger partial charge in [-0.05, 0) is 49.4 Å². The van der Waals surface area contributed by atoms with E-state index in [1.54, 1.807) is 40.1 Å². The van der Waals surface area contributed by atoms with Gasteiger partial charge < -0.3 is 0 Å². The highest BCUT2D eigenvalue weighted by atomic mass is 16.2. The number of urea groups is 2. The maximum atomic E-state index is 13.4. The Kier molecular flexibility index (Phi) is 4.64. The molecule has 0 saturated carbocycles. The third kappa shape index (κ3) is 2.93. The summed E-state index contributed by atoms with van der Waals surface area (Å²) in [4.78, 5) is 31.2. The quantitative estimate of drug-likeness (QED) is 0.601. The second-order valence-electron chi connectivity index (χ2n) is 6.22. The van der Waals surface area contributed by atoms with Gasteiger partial charge in [0, 0.05) is 0 Å². The number of anilines is 3. The summed E-state index contributed by atoms with van der Waals surface area (Å²) in [5, 5.41) is 0. The Hall–Kier alpha value is -3.86. The molecule has 1 aliphatic rings. The van der Waals surface area contributed by atoms with Gasteiger partial charge in [0.05, 0.1) is 17.1 Å². The first kappa shape index (κ1) is 17.5.